The van der Waals surface area contributed by atoms with Gasteiger partial charge in [-0.15, -0.1) is 0 Å². The molecule has 0 saturated carbocycles. The van der Waals surface area contributed by atoms with Gasteiger partial charge in [-0.05, 0) is 25.7 Å². The summed E-state index contributed by atoms with van der Waals surface area (Å²) in [6.07, 6.45) is 3.86. The Kier molecular flexibility index (Phi) is 4.68. The summed E-state index contributed by atoms with van der Waals surface area (Å²) in [6.45, 7) is 0.453. The third-order valence-electron chi connectivity index (χ3n) is 2.44. The summed E-state index contributed by atoms with van der Waals surface area (Å²) in [5.41, 5.74) is 5.35. The van der Waals surface area contributed by atoms with E-state index in [9.17, 15) is 9.59 Å². The molecule has 2 N–H and O–H groups in total. The van der Waals surface area contributed by atoms with Crippen molar-refractivity contribution in [3.8, 4) is 0 Å². The molecule has 1 fully saturated rings. The smallest absolute Gasteiger partial charge is 0.229 e. The van der Waals surface area contributed by atoms with E-state index >= 15 is 0 Å². The van der Waals surface area contributed by atoms with Crippen LogP contribution in [0.15, 0.2) is 0 Å². The van der Waals surface area contributed by atoms with Crippen molar-refractivity contribution < 1.29 is 9.59 Å². The molecule has 1 aliphatic heterocycles. The molecule has 4 nitrogen and oxygen atoms in total. The number of hydrogen-bond donors (Lipinski definition) is 1. The van der Waals surface area contributed by atoms with Gasteiger partial charge in [-0.25, -0.2) is 0 Å². The zero-order valence-electron chi connectivity index (χ0n) is 8.70. The second-order valence-corrected chi connectivity index (χ2v) is 4.24. The number of imide groups is 1. The molecule has 0 unspecified atom stereocenters. The number of nitrogens with zero attached hydrogens (tertiary/aromatic N) is 1. The third kappa shape index (κ3) is 3.95. The highest BCUT2D eigenvalue weighted by Crippen LogP contribution is 2.13. The van der Waals surface area contributed by atoms with Gasteiger partial charge in [0, 0.05) is 19.4 Å². The van der Waals surface area contributed by atoms with Gasteiger partial charge in [0.2, 0.25) is 11.8 Å². The van der Waals surface area contributed by atoms with E-state index in [0.717, 1.165) is 12.8 Å². The molecule has 5 heteroatoms. The van der Waals surface area contributed by atoms with Gasteiger partial charge in [0.05, 0.1) is 4.99 Å². The Morgan fingerprint density at radius 1 is 1.27 bits per heavy atom. The SMILES string of the molecule is NC(=S)CCCN1C(=O)CCCCC1=O. The Balaban J connectivity index is 2.44. The van der Waals surface area contributed by atoms with Crippen molar-refractivity contribution in [1.82, 2.24) is 4.90 Å². The van der Waals surface area contributed by atoms with Crippen LogP contribution in [-0.4, -0.2) is 28.2 Å². The van der Waals surface area contributed by atoms with Gasteiger partial charge in [0.25, 0.3) is 0 Å². The first kappa shape index (κ1) is 12.1. The zero-order chi connectivity index (χ0) is 11.3. The van der Waals surface area contributed by atoms with E-state index in [1.807, 2.05) is 0 Å². The van der Waals surface area contributed by atoms with Gasteiger partial charge in [-0.3, -0.25) is 14.5 Å². The van der Waals surface area contributed by atoms with Crippen LogP contribution in [0.2, 0.25) is 0 Å². The monoisotopic (exact) mass is 228 g/mol. The first-order valence-corrected chi connectivity index (χ1v) is 5.63. The van der Waals surface area contributed by atoms with Crippen LogP contribution in [0.1, 0.15) is 38.5 Å². The number of rotatable bonds is 4. The molecule has 0 aromatic heterocycles. The Bertz CT molecular complexity index is 261. The van der Waals surface area contributed by atoms with E-state index in [1.54, 1.807) is 0 Å². The van der Waals surface area contributed by atoms with Crippen LogP contribution in [0.4, 0.5) is 0 Å². The van der Waals surface area contributed by atoms with E-state index in [-0.39, 0.29) is 11.8 Å². The molecule has 0 aromatic carbocycles. The number of amides is 2. The molecule has 1 saturated heterocycles. The molecule has 0 radical (unpaired) electrons. The molecule has 0 atom stereocenters. The highest BCUT2D eigenvalue weighted by Gasteiger charge is 2.23. The Morgan fingerprint density at radius 2 is 1.80 bits per heavy atom. The highest BCUT2D eigenvalue weighted by molar-refractivity contribution is 7.80. The summed E-state index contributed by atoms with van der Waals surface area (Å²) in [4.78, 5) is 24.9. The summed E-state index contributed by atoms with van der Waals surface area (Å²) in [7, 11) is 0. The average molecular weight is 228 g/mol. The van der Waals surface area contributed by atoms with Crippen molar-refractivity contribution in [2.75, 3.05) is 6.54 Å². The van der Waals surface area contributed by atoms with Crippen molar-refractivity contribution in [1.29, 1.82) is 0 Å². The van der Waals surface area contributed by atoms with E-state index < -0.39 is 0 Å². The van der Waals surface area contributed by atoms with Gasteiger partial charge >= 0.3 is 0 Å². The second-order valence-electron chi connectivity index (χ2n) is 3.72. The maximum atomic E-state index is 11.5. The number of carbonyl (C=O) groups excluding carboxylic acids is 2. The van der Waals surface area contributed by atoms with Crippen LogP contribution in [0.25, 0.3) is 0 Å². The topological polar surface area (TPSA) is 63.4 Å². The van der Waals surface area contributed by atoms with Crippen molar-refractivity contribution in [3.63, 3.8) is 0 Å². The Morgan fingerprint density at radius 3 is 2.27 bits per heavy atom. The van der Waals surface area contributed by atoms with Crippen LogP contribution in [0.5, 0.6) is 0 Å². The Labute approximate surface area is 94.8 Å². The number of carbonyl (C=O) groups is 2. The summed E-state index contributed by atoms with van der Waals surface area (Å²) in [5.74, 6) is -0.110. The van der Waals surface area contributed by atoms with Gasteiger partial charge in [0.15, 0.2) is 0 Å². The normalized spacial score (nSPS) is 17.7. The number of likely N-dealkylation sites (tertiary alicyclic amines) is 1. The Hall–Kier alpha value is -0.970. The molecule has 0 aliphatic carbocycles. The minimum absolute atomic E-state index is 0.0551. The molecule has 2 amide bonds. The molecule has 0 bridgehead atoms. The number of thiocarbonyl (C=S) groups is 1. The molecular formula is C10H16N2O2S. The van der Waals surface area contributed by atoms with Gasteiger partial charge in [-0.1, -0.05) is 12.2 Å². The largest absolute Gasteiger partial charge is 0.393 e. The van der Waals surface area contributed by atoms with Crippen LogP contribution < -0.4 is 5.73 Å². The van der Waals surface area contributed by atoms with E-state index in [0.29, 0.717) is 37.2 Å². The second kappa shape index (κ2) is 5.80. The lowest BCUT2D eigenvalue weighted by atomic mass is 10.2. The fourth-order valence-corrected chi connectivity index (χ4v) is 1.77. The first-order chi connectivity index (χ1) is 7.11. The number of hydrogen-bond acceptors (Lipinski definition) is 3. The van der Waals surface area contributed by atoms with Crippen LogP contribution >= 0.6 is 12.2 Å². The zero-order valence-corrected chi connectivity index (χ0v) is 9.52. The molecular weight excluding hydrogens is 212 g/mol. The summed E-state index contributed by atoms with van der Waals surface area (Å²) in [5, 5.41) is 0. The lowest BCUT2D eigenvalue weighted by Gasteiger charge is -2.18. The van der Waals surface area contributed by atoms with Gasteiger partial charge < -0.3 is 5.73 Å². The van der Waals surface area contributed by atoms with Crippen molar-refractivity contribution in [2.24, 2.45) is 5.73 Å². The minimum Gasteiger partial charge on any atom is -0.393 e. The molecule has 1 heterocycles. The van der Waals surface area contributed by atoms with Crippen molar-refractivity contribution in [3.05, 3.63) is 0 Å². The van der Waals surface area contributed by atoms with Gasteiger partial charge in [-0.2, -0.15) is 0 Å². The lowest BCUT2D eigenvalue weighted by Crippen LogP contribution is -2.36. The molecule has 84 valence electrons. The minimum atomic E-state index is -0.0551. The van der Waals surface area contributed by atoms with Crippen LogP contribution in [0.3, 0.4) is 0 Å². The standard InChI is InChI=1S/C10H16N2O2S/c11-8(15)4-3-7-12-9(13)5-1-2-6-10(12)14/h1-7H2,(H2,11,15). The maximum absolute atomic E-state index is 11.5. The fraction of sp³-hybridized carbons (Fsp3) is 0.700. The van der Waals surface area contributed by atoms with Crippen LogP contribution in [-0.2, 0) is 9.59 Å². The summed E-state index contributed by atoms with van der Waals surface area (Å²) < 4.78 is 0. The third-order valence-corrected chi connectivity index (χ3v) is 2.64. The highest BCUT2D eigenvalue weighted by atomic mass is 32.1. The summed E-state index contributed by atoms with van der Waals surface area (Å²) in [6, 6.07) is 0. The molecule has 1 aliphatic rings. The lowest BCUT2D eigenvalue weighted by molar-refractivity contribution is -0.143. The number of nitrogens with two attached hydrogens (primary N) is 1. The average Bonchev–Trinajstić information content (AvgIpc) is 2.31. The quantitative estimate of drug-likeness (QED) is 0.575. The van der Waals surface area contributed by atoms with Crippen LogP contribution in [0, 0.1) is 0 Å². The van der Waals surface area contributed by atoms with Gasteiger partial charge in [0.1, 0.15) is 0 Å². The van der Waals surface area contributed by atoms with E-state index in [4.69, 9.17) is 18.0 Å². The van der Waals surface area contributed by atoms with Crippen molar-refractivity contribution >= 4 is 29.0 Å². The predicted octanol–water partition coefficient (Wildman–Crippen LogP) is 0.982. The van der Waals surface area contributed by atoms with E-state index in [2.05, 4.69) is 0 Å². The predicted molar refractivity (Wildman–Crippen MR) is 61.2 cm³/mol. The maximum Gasteiger partial charge on any atom is 0.229 e. The molecule has 15 heavy (non-hydrogen) atoms. The first-order valence-electron chi connectivity index (χ1n) is 5.23. The fourth-order valence-electron chi connectivity index (χ4n) is 1.62. The summed E-state index contributed by atoms with van der Waals surface area (Å²) >= 11 is 4.74. The molecule has 1 rings (SSSR count). The molecule has 0 aromatic rings. The molecule has 0 spiro atoms. The van der Waals surface area contributed by atoms with E-state index in [1.165, 1.54) is 4.90 Å². The van der Waals surface area contributed by atoms with Crippen molar-refractivity contribution in [2.45, 2.75) is 38.5 Å².